The Balaban J connectivity index is 2.00. The van der Waals surface area contributed by atoms with E-state index in [1.54, 1.807) is 7.05 Å². The van der Waals surface area contributed by atoms with Gasteiger partial charge in [0, 0.05) is 13.0 Å². The first kappa shape index (κ1) is 12.7. The second-order valence-corrected chi connectivity index (χ2v) is 5.34. The lowest BCUT2D eigenvalue weighted by Crippen LogP contribution is -2.19. The van der Waals surface area contributed by atoms with Crippen LogP contribution in [-0.2, 0) is 19.9 Å². The summed E-state index contributed by atoms with van der Waals surface area (Å²) in [6, 6.07) is 8.40. The standard InChI is InChI=1S/C15H18N4O/c1-19-14(16)12(15(17)20)13(18-19)11-7-6-9-4-2-3-5-10(9)8-11/h2-5,11H,6-8,16H2,1H3,(H2,17,20). The number of aromatic nitrogens is 2. The van der Waals surface area contributed by atoms with Crippen LogP contribution in [0.1, 0.15) is 39.5 Å². The Morgan fingerprint density at radius 3 is 2.75 bits per heavy atom. The first-order valence-electron chi connectivity index (χ1n) is 6.77. The molecule has 104 valence electrons. The Bertz CT molecular complexity index is 675. The molecule has 1 aromatic carbocycles. The van der Waals surface area contributed by atoms with E-state index in [9.17, 15) is 4.79 Å². The van der Waals surface area contributed by atoms with E-state index in [1.165, 1.54) is 15.8 Å². The minimum atomic E-state index is -0.496. The van der Waals surface area contributed by atoms with Crippen molar-refractivity contribution in [2.75, 3.05) is 5.73 Å². The minimum absolute atomic E-state index is 0.205. The Kier molecular flexibility index (Phi) is 2.97. The van der Waals surface area contributed by atoms with Gasteiger partial charge in [-0.15, -0.1) is 0 Å². The van der Waals surface area contributed by atoms with E-state index in [-0.39, 0.29) is 5.92 Å². The highest BCUT2D eigenvalue weighted by Gasteiger charge is 2.28. The molecule has 0 saturated heterocycles. The average molecular weight is 270 g/mol. The lowest BCUT2D eigenvalue weighted by atomic mass is 9.81. The second kappa shape index (κ2) is 4.67. The molecule has 0 spiro atoms. The third kappa shape index (κ3) is 1.95. The van der Waals surface area contributed by atoms with Gasteiger partial charge in [0.25, 0.3) is 5.91 Å². The molecular formula is C15H18N4O. The average Bonchev–Trinajstić information content (AvgIpc) is 2.74. The molecule has 1 unspecified atom stereocenters. The molecule has 0 bridgehead atoms. The number of benzene rings is 1. The van der Waals surface area contributed by atoms with Crippen LogP contribution in [0.3, 0.4) is 0 Å². The zero-order valence-corrected chi connectivity index (χ0v) is 11.5. The number of aryl methyl sites for hydroxylation is 2. The summed E-state index contributed by atoms with van der Waals surface area (Å²) < 4.78 is 1.54. The number of carbonyl (C=O) groups excluding carboxylic acids is 1. The van der Waals surface area contributed by atoms with Crippen molar-refractivity contribution in [2.24, 2.45) is 12.8 Å². The van der Waals surface area contributed by atoms with Crippen LogP contribution in [0.2, 0.25) is 0 Å². The summed E-state index contributed by atoms with van der Waals surface area (Å²) in [5, 5.41) is 4.42. The largest absolute Gasteiger partial charge is 0.383 e. The molecule has 5 nitrogen and oxygen atoms in total. The third-order valence-corrected chi connectivity index (χ3v) is 4.10. The van der Waals surface area contributed by atoms with Crippen molar-refractivity contribution >= 4 is 11.7 Å². The number of amides is 1. The predicted molar refractivity (Wildman–Crippen MR) is 77.3 cm³/mol. The monoisotopic (exact) mass is 270 g/mol. The Hall–Kier alpha value is -2.30. The van der Waals surface area contributed by atoms with E-state index in [1.807, 2.05) is 6.07 Å². The number of hydrogen-bond acceptors (Lipinski definition) is 3. The summed E-state index contributed by atoms with van der Waals surface area (Å²) in [5.41, 5.74) is 15.2. The predicted octanol–water partition coefficient (Wildman–Crippen LogP) is 1.37. The fourth-order valence-electron chi connectivity index (χ4n) is 3.03. The number of rotatable bonds is 2. The van der Waals surface area contributed by atoms with E-state index < -0.39 is 5.91 Å². The van der Waals surface area contributed by atoms with Crippen molar-refractivity contribution in [3.8, 4) is 0 Å². The van der Waals surface area contributed by atoms with Crippen LogP contribution in [0.5, 0.6) is 0 Å². The van der Waals surface area contributed by atoms with E-state index in [0.717, 1.165) is 25.0 Å². The van der Waals surface area contributed by atoms with Crippen molar-refractivity contribution < 1.29 is 4.79 Å². The van der Waals surface area contributed by atoms with Gasteiger partial charge in [-0.3, -0.25) is 9.48 Å². The molecule has 4 N–H and O–H groups in total. The van der Waals surface area contributed by atoms with Crippen LogP contribution in [0.15, 0.2) is 24.3 Å². The highest BCUT2D eigenvalue weighted by molar-refractivity contribution is 5.98. The lowest BCUT2D eigenvalue weighted by Gasteiger charge is -2.23. The van der Waals surface area contributed by atoms with Crippen LogP contribution in [0, 0.1) is 0 Å². The minimum Gasteiger partial charge on any atom is -0.383 e. The molecule has 20 heavy (non-hydrogen) atoms. The quantitative estimate of drug-likeness (QED) is 0.864. The van der Waals surface area contributed by atoms with Crippen molar-refractivity contribution in [1.29, 1.82) is 0 Å². The molecule has 5 heteroatoms. The number of primary amides is 1. The van der Waals surface area contributed by atoms with E-state index in [4.69, 9.17) is 11.5 Å². The second-order valence-electron chi connectivity index (χ2n) is 5.34. The van der Waals surface area contributed by atoms with E-state index >= 15 is 0 Å². The summed E-state index contributed by atoms with van der Waals surface area (Å²) in [5.74, 6) is 0.0618. The van der Waals surface area contributed by atoms with Crippen molar-refractivity contribution in [3.05, 3.63) is 46.6 Å². The summed E-state index contributed by atoms with van der Waals surface area (Å²) in [7, 11) is 1.74. The Morgan fingerprint density at radius 2 is 2.05 bits per heavy atom. The van der Waals surface area contributed by atoms with Gasteiger partial charge in [-0.05, 0) is 30.4 Å². The highest BCUT2D eigenvalue weighted by atomic mass is 16.1. The first-order chi connectivity index (χ1) is 9.58. The molecule has 1 aliphatic rings. The molecule has 1 aliphatic carbocycles. The van der Waals surface area contributed by atoms with Gasteiger partial charge in [-0.25, -0.2) is 0 Å². The number of anilines is 1. The molecule has 3 rings (SSSR count). The van der Waals surface area contributed by atoms with Gasteiger partial charge in [0.1, 0.15) is 11.4 Å². The molecule has 1 amide bonds. The summed E-state index contributed by atoms with van der Waals surface area (Å²) in [6.45, 7) is 0. The molecular weight excluding hydrogens is 252 g/mol. The van der Waals surface area contributed by atoms with E-state index in [2.05, 4.69) is 23.3 Å². The molecule has 1 atom stereocenters. The van der Waals surface area contributed by atoms with Gasteiger partial charge in [-0.2, -0.15) is 5.10 Å². The molecule has 1 heterocycles. The summed E-state index contributed by atoms with van der Waals surface area (Å²) in [4.78, 5) is 11.6. The zero-order valence-electron chi connectivity index (χ0n) is 11.5. The van der Waals surface area contributed by atoms with Gasteiger partial charge >= 0.3 is 0 Å². The van der Waals surface area contributed by atoms with Crippen LogP contribution in [0.4, 0.5) is 5.82 Å². The molecule has 0 radical (unpaired) electrons. The van der Waals surface area contributed by atoms with Crippen molar-refractivity contribution in [2.45, 2.75) is 25.2 Å². The molecule has 2 aromatic rings. The third-order valence-electron chi connectivity index (χ3n) is 4.10. The normalized spacial score (nSPS) is 17.8. The highest BCUT2D eigenvalue weighted by Crippen LogP contribution is 2.34. The maximum absolute atomic E-state index is 11.6. The van der Waals surface area contributed by atoms with Crippen LogP contribution < -0.4 is 11.5 Å². The van der Waals surface area contributed by atoms with Gasteiger partial charge < -0.3 is 11.5 Å². The number of fused-ring (bicyclic) bond motifs is 1. The summed E-state index contributed by atoms with van der Waals surface area (Å²) >= 11 is 0. The number of hydrogen-bond donors (Lipinski definition) is 2. The first-order valence-corrected chi connectivity index (χ1v) is 6.77. The van der Waals surface area contributed by atoms with Crippen LogP contribution in [-0.4, -0.2) is 15.7 Å². The lowest BCUT2D eigenvalue weighted by molar-refractivity contribution is 0.0999. The SMILES string of the molecule is Cn1nc(C2CCc3ccccc3C2)c(C(N)=O)c1N. The molecule has 0 saturated carbocycles. The number of nitrogens with zero attached hydrogens (tertiary/aromatic N) is 2. The molecule has 0 fully saturated rings. The topological polar surface area (TPSA) is 86.9 Å². The number of carbonyl (C=O) groups is 1. The van der Waals surface area contributed by atoms with Gasteiger partial charge in [0.15, 0.2) is 0 Å². The Labute approximate surface area is 117 Å². The summed E-state index contributed by atoms with van der Waals surface area (Å²) in [6.07, 6.45) is 2.84. The fraction of sp³-hybridized carbons (Fsp3) is 0.333. The van der Waals surface area contributed by atoms with Gasteiger partial charge in [-0.1, -0.05) is 24.3 Å². The zero-order chi connectivity index (χ0) is 14.3. The maximum Gasteiger partial charge on any atom is 0.254 e. The molecule has 1 aromatic heterocycles. The van der Waals surface area contributed by atoms with Gasteiger partial charge in [0.2, 0.25) is 0 Å². The maximum atomic E-state index is 11.6. The van der Waals surface area contributed by atoms with Crippen molar-refractivity contribution in [3.63, 3.8) is 0 Å². The Morgan fingerprint density at radius 1 is 1.35 bits per heavy atom. The van der Waals surface area contributed by atoms with Crippen LogP contribution >= 0.6 is 0 Å². The molecule has 0 aliphatic heterocycles. The van der Waals surface area contributed by atoms with Crippen molar-refractivity contribution in [1.82, 2.24) is 9.78 Å². The number of nitrogen functional groups attached to an aromatic ring is 1. The fourth-order valence-corrected chi connectivity index (χ4v) is 3.03. The van der Waals surface area contributed by atoms with Crippen LogP contribution in [0.25, 0.3) is 0 Å². The van der Waals surface area contributed by atoms with Gasteiger partial charge in [0.05, 0.1) is 5.69 Å². The smallest absolute Gasteiger partial charge is 0.254 e. The number of nitrogens with two attached hydrogens (primary N) is 2. The van der Waals surface area contributed by atoms with E-state index in [0.29, 0.717) is 11.4 Å².